The third-order valence-electron chi connectivity index (χ3n) is 2.39. The van der Waals surface area contributed by atoms with Gasteiger partial charge in [0.05, 0.1) is 18.1 Å². The largest absolute Gasteiger partial charge is 0.394 e. The molecule has 0 saturated heterocycles. The van der Waals surface area contributed by atoms with Gasteiger partial charge in [0.15, 0.2) is 0 Å². The Hall–Kier alpha value is -0.910. The molecule has 0 radical (unpaired) electrons. The molecule has 1 unspecified atom stereocenters. The molecule has 1 aromatic carbocycles. The van der Waals surface area contributed by atoms with Crippen LogP contribution < -0.4 is 10.6 Å². The number of aliphatic hydroxyl groups is 2. The number of aliphatic hydroxyl groups excluding tert-OH is 2. The first-order valence-electron chi connectivity index (χ1n) is 5.04. The maximum atomic E-state index is 9.35. The van der Waals surface area contributed by atoms with Crippen LogP contribution in [0.15, 0.2) is 27.7 Å². The number of β-amino-alcohol motifs (C(OH)–C–C–N with tert-alkyl or cyclic N) is 1. The van der Waals surface area contributed by atoms with Crippen molar-refractivity contribution in [3.8, 4) is 0 Å². The average Bonchev–Trinajstić information content (AvgIpc) is 2.28. The summed E-state index contributed by atoms with van der Waals surface area (Å²) in [7, 11) is 0. The summed E-state index contributed by atoms with van der Waals surface area (Å²) in [6, 6.07) is 5.89. The molecule has 1 atom stereocenters. The van der Waals surface area contributed by atoms with Gasteiger partial charge in [-0.1, -0.05) is 15.9 Å². The second-order valence-electron chi connectivity index (χ2n) is 3.74. The van der Waals surface area contributed by atoms with Crippen molar-refractivity contribution in [1.29, 1.82) is 0 Å². The van der Waals surface area contributed by atoms with Gasteiger partial charge in [0.2, 0.25) is 0 Å². The summed E-state index contributed by atoms with van der Waals surface area (Å²) in [5.74, 6) is 0. The van der Waals surface area contributed by atoms with E-state index in [4.69, 9.17) is 5.11 Å². The first-order chi connectivity index (χ1) is 7.69. The molecule has 0 aliphatic carbocycles. The first-order valence-corrected chi connectivity index (χ1v) is 5.83. The Balaban J connectivity index is 2.25. The van der Waals surface area contributed by atoms with Gasteiger partial charge < -0.3 is 15.1 Å². The molecule has 0 saturated carbocycles. The molecule has 0 aromatic heterocycles. The molecule has 1 aromatic rings. The van der Waals surface area contributed by atoms with E-state index in [-0.39, 0.29) is 6.61 Å². The van der Waals surface area contributed by atoms with Gasteiger partial charge >= 0.3 is 0 Å². The second-order valence-corrected chi connectivity index (χ2v) is 4.66. The van der Waals surface area contributed by atoms with Crippen LogP contribution in [0.5, 0.6) is 0 Å². The first kappa shape index (κ1) is 11.6. The minimum Gasteiger partial charge on any atom is -0.394 e. The van der Waals surface area contributed by atoms with Gasteiger partial charge in [-0.15, -0.1) is 0 Å². The highest BCUT2D eigenvalue weighted by Gasteiger charge is 2.09. The van der Waals surface area contributed by atoms with E-state index < -0.39 is 6.10 Å². The number of fused-ring (bicyclic) bond motifs is 1. The smallest absolute Gasteiger partial charge is 0.110 e. The predicted octanol–water partition coefficient (Wildman–Crippen LogP) is -0.567. The van der Waals surface area contributed by atoms with E-state index in [1.54, 1.807) is 0 Å². The van der Waals surface area contributed by atoms with Crippen LogP contribution >= 0.6 is 15.9 Å². The fraction of sp³-hybridized carbons (Fsp3) is 0.364. The number of benzene rings is 1. The summed E-state index contributed by atoms with van der Waals surface area (Å²) < 4.78 is 1.00. The van der Waals surface area contributed by atoms with Crippen LogP contribution in [0, 0.1) is 0 Å². The molecule has 2 rings (SSSR count). The van der Waals surface area contributed by atoms with Crippen molar-refractivity contribution in [2.24, 2.45) is 4.99 Å². The van der Waals surface area contributed by atoms with Crippen LogP contribution in [-0.4, -0.2) is 41.0 Å². The van der Waals surface area contributed by atoms with E-state index in [2.05, 4.69) is 20.9 Å². The van der Waals surface area contributed by atoms with Gasteiger partial charge in [-0.2, -0.15) is 0 Å². The molecule has 0 spiro atoms. The van der Waals surface area contributed by atoms with Crippen molar-refractivity contribution < 1.29 is 10.2 Å². The molecule has 0 bridgehead atoms. The molecule has 0 amide bonds. The van der Waals surface area contributed by atoms with Gasteiger partial charge in [-0.05, 0) is 18.2 Å². The molecular weight excluding hydrogens is 272 g/mol. The van der Waals surface area contributed by atoms with E-state index >= 15 is 0 Å². The maximum Gasteiger partial charge on any atom is 0.110 e. The molecule has 86 valence electrons. The number of hydrogen-bond donors (Lipinski definition) is 2. The van der Waals surface area contributed by atoms with E-state index in [0.717, 1.165) is 15.0 Å². The van der Waals surface area contributed by atoms with E-state index in [1.807, 2.05) is 29.3 Å². The lowest BCUT2D eigenvalue weighted by molar-refractivity contribution is 0.0754. The number of hydrogen-bond acceptors (Lipinski definition) is 4. The lowest BCUT2D eigenvalue weighted by Crippen LogP contribution is -2.39. The Morgan fingerprint density at radius 3 is 3.06 bits per heavy atom. The Morgan fingerprint density at radius 2 is 2.31 bits per heavy atom. The molecule has 0 fully saturated rings. The highest BCUT2D eigenvalue weighted by Crippen LogP contribution is 2.03. The molecule has 5 heteroatoms. The average molecular weight is 285 g/mol. The minimum absolute atomic E-state index is 0.227. The summed E-state index contributed by atoms with van der Waals surface area (Å²) in [5, 5.41) is 20.1. The van der Waals surface area contributed by atoms with Crippen LogP contribution in [0.2, 0.25) is 0 Å². The van der Waals surface area contributed by atoms with E-state index in [9.17, 15) is 5.11 Å². The number of rotatable bonds is 3. The quantitative estimate of drug-likeness (QED) is 0.782. The summed E-state index contributed by atoms with van der Waals surface area (Å²) in [5.41, 5.74) is 0. The standard InChI is InChI=1S/C11H13BrN2O2/c12-9-1-2-11-8(3-9)4-14(7-13-11)5-10(16)6-15/h1-4,10,15-16H,5-7H2. The molecular formula is C11H13BrN2O2. The molecule has 1 aliphatic heterocycles. The number of nitrogens with zero attached hydrogens (tertiary/aromatic N) is 2. The Labute approximate surface area is 102 Å². The van der Waals surface area contributed by atoms with Crippen LogP contribution in [-0.2, 0) is 0 Å². The minimum atomic E-state index is -0.722. The monoisotopic (exact) mass is 284 g/mol. The highest BCUT2D eigenvalue weighted by atomic mass is 79.9. The summed E-state index contributed by atoms with van der Waals surface area (Å²) in [6.07, 6.45) is 1.23. The molecule has 2 N–H and O–H groups in total. The van der Waals surface area contributed by atoms with E-state index in [0.29, 0.717) is 13.2 Å². The number of halogens is 1. The summed E-state index contributed by atoms with van der Waals surface area (Å²) >= 11 is 3.41. The van der Waals surface area contributed by atoms with Crippen molar-refractivity contribution in [3.63, 3.8) is 0 Å². The van der Waals surface area contributed by atoms with Gasteiger partial charge in [0, 0.05) is 22.4 Å². The van der Waals surface area contributed by atoms with Crippen molar-refractivity contribution in [1.82, 2.24) is 4.90 Å². The van der Waals surface area contributed by atoms with Crippen molar-refractivity contribution in [2.45, 2.75) is 6.10 Å². The zero-order valence-corrected chi connectivity index (χ0v) is 10.3. The maximum absolute atomic E-state index is 9.35. The van der Waals surface area contributed by atoms with Gasteiger partial charge in [-0.25, -0.2) is 0 Å². The normalized spacial score (nSPS) is 16.1. The summed E-state index contributed by atoms with van der Waals surface area (Å²) in [4.78, 5) is 6.27. The predicted molar refractivity (Wildman–Crippen MR) is 64.1 cm³/mol. The Morgan fingerprint density at radius 1 is 1.50 bits per heavy atom. The lowest BCUT2D eigenvalue weighted by atomic mass is 10.2. The lowest BCUT2D eigenvalue weighted by Gasteiger charge is -2.22. The van der Waals surface area contributed by atoms with Crippen molar-refractivity contribution in [3.05, 3.63) is 33.2 Å². The highest BCUT2D eigenvalue weighted by molar-refractivity contribution is 9.10. The van der Waals surface area contributed by atoms with Crippen LogP contribution in [0.25, 0.3) is 6.20 Å². The van der Waals surface area contributed by atoms with E-state index in [1.165, 1.54) is 0 Å². The topological polar surface area (TPSA) is 56.1 Å². The molecule has 16 heavy (non-hydrogen) atoms. The molecule has 1 aliphatic rings. The fourth-order valence-corrected chi connectivity index (χ4v) is 1.99. The van der Waals surface area contributed by atoms with Crippen molar-refractivity contribution >= 4 is 22.1 Å². The van der Waals surface area contributed by atoms with Crippen LogP contribution in [0.3, 0.4) is 0 Å². The fourth-order valence-electron chi connectivity index (χ4n) is 1.62. The zero-order valence-electron chi connectivity index (χ0n) is 8.67. The zero-order chi connectivity index (χ0) is 11.5. The Kier molecular flexibility index (Phi) is 3.58. The summed E-state index contributed by atoms with van der Waals surface area (Å²) in [6.45, 7) is 0.688. The van der Waals surface area contributed by atoms with Crippen LogP contribution in [0.4, 0.5) is 0 Å². The van der Waals surface area contributed by atoms with Crippen LogP contribution in [0.1, 0.15) is 0 Å². The SMILES string of the molecule is OCC(O)CN1C=c2cc(Br)ccc2=NC1. The second kappa shape index (κ2) is 4.95. The third-order valence-corrected chi connectivity index (χ3v) is 2.88. The third kappa shape index (κ3) is 2.61. The Bertz CT molecular complexity index is 489. The van der Waals surface area contributed by atoms with Gasteiger partial charge in [0.1, 0.15) is 6.67 Å². The van der Waals surface area contributed by atoms with Gasteiger partial charge in [-0.3, -0.25) is 4.99 Å². The van der Waals surface area contributed by atoms with Crippen molar-refractivity contribution in [2.75, 3.05) is 19.8 Å². The van der Waals surface area contributed by atoms with Gasteiger partial charge in [0.25, 0.3) is 0 Å². The molecule has 1 heterocycles. The molecule has 4 nitrogen and oxygen atoms in total.